The van der Waals surface area contributed by atoms with E-state index in [4.69, 9.17) is 0 Å². The summed E-state index contributed by atoms with van der Waals surface area (Å²) >= 11 is 0. The smallest absolute Gasteiger partial charge is 0.212 e. The quantitative estimate of drug-likeness (QED) is 0.760. The van der Waals surface area contributed by atoms with E-state index in [2.05, 4.69) is 28.8 Å². The fourth-order valence-corrected chi connectivity index (χ4v) is 1.77. The monoisotopic (exact) mass is 214 g/mol. The molecule has 2 heteroatoms. The van der Waals surface area contributed by atoms with E-state index in [1.54, 1.807) is 13.0 Å². The number of aliphatic hydroxyl groups is 1. The maximum Gasteiger partial charge on any atom is 0.212 e. The summed E-state index contributed by atoms with van der Waals surface area (Å²) in [6, 6.07) is 12.4. The zero-order valence-electron chi connectivity index (χ0n) is 9.59. The Bertz CT molecular complexity index is 529. The summed E-state index contributed by atoms with van der Waals surface area (Å²) in [6.07, 6.45) is 3.31. The van der Waals surface area contributed by atoms with Gasteiger partial charge in [0.2, 0.25) is 11.2 Å². The summed E-state index contributed by atoms with van der Waals surface area (Å²) in [5, 5.41) is 10.4. The molecule has 2 aromatic rings. The van der Waals surface area contributed by atoms with Crippen molar-refractivity contribution in [2.75, 3.05) is 0 Å². The van der Waals surface area contributed by atoms with Crippen molar-refractivity contribution in [3.63, 3.8) is 0 Å². The molecule has 0 aliphatic carbocycles. The molecule has 0 fully saturated rings. The molecule has 0 aliphatic heterocycles. The minimum Gasteiger partial charge on any atom is -0.389 e. The second-order valence-corrected chi connectivity index (χ2v) is 3.98. The van der Waals surface area contributed by atoms with Crippen molar-refractivity contribution < 1.29 is 9.67 Å². The number of hydrogen-bond acceptors (Lipinski definition) is 1. The van der Waals surface area contributed by atoms with E-state index >= 15 is 0 Å². The first-order valence-corrected chi connectivity index (χ1v) is 5.42. The first-order chi connectivity index (χ1) is 7.68. The first-order valence-electron chi connectivity index (χ1n) is 5.42. The normalized spacial score (nSPS) is 13.4. The van der Waals surface area contributed by atoms with Crippen LogP contribution in [0.25, 0.3) is 17.0 Å². The Labute approximate surface area is 95.5 Å². The maximum absolute atomic E-state index is 9.22. The Morgan fingerprint density at radius 3 is 2.69 bits per heavy atom. The van der Waals surface area contributed by atoms with Gasteiger partial charge in [0.25, 0.3) is 0 Å². The Kier molecular flexibility index (Phi) is 3.02. The number of aryl methyl sites for hydroxylation is 1. The lowest BCUT2D eigenvalue weighted by Gasteiger charge is -2.00. The molecule has 2 nitrogen and oxygen atoms in total. The highest BCUT2D eigenvalue weighted by Crippen LogP contribution is 2.10. The van der Waals surface area contributed by atoms with Crippen LogP contribution in [0.15, 0.2) is 42.5 Å². The molecule has 1 heterocycles. The van der Waals surface area contributed by atoms with Crippen molar-refractivity contribution in [2.45, 2.75) is 13.0 Å². The Morgan fingerprint density at radius 1 is 1.19 bits per heavy atom. The number of pyridine rings is 1. The number of benzene rings is 1. The van der Waals surface area contributed by atoms with Gasteiger partial charge in [0.15, 0.2) is 0 Å². The van der Waals surface area contributed by atoms with E-state index in [0.29, 0.717) is 0 Å². The number of nitrogens with zero attached hydrogens (tertiary/aromatic N) is 1. The first kappa shape index (κ1) is 10.8. The van der Waals surface area contributed by atoms with Crippen molar-refractivity contribution >= 4 is 17.0 Å². The van der Waals surface area contributed by atoms with E-state index in [1.807, 2.05) is 25.3 Å². The minimum absolute atomic E-state index is 0.411. The van der Waals surface area contributed by atoms with Gasteiger partial charge in [-0.25, -0.2) is 0 Å². The van der Waals surface area contributed by atoms with Crippen LogP contribution in [0.5, 0.6) is 0 Å². The number of hydrogen-bond donors (Lipinski definition) is 1. The van der Waals surface area contributed by atoms with E-state index in [-0.39, 0.29) is 0 Å². The minimum atomic E-state index is -0.411. The van der Waals surface area contributed by atoms with Gasteiger partial charge in [0.1, 0.15) is 7.05 Å². The van der Waals surface area contributed by atoms with Gasteiger partial charge in [0, 0.05) is 23.6 Å². The van der Waals surface area contributed by atoms with Gasteiger partial charge in [-0.05, 0) is 25.1 Å². The molecule has 0 amide bonds. The van der Waals surface area contributed by atoms with Crippen molar-refractivity contribution in [1.29, 1.82) is 0 Å². The summed E-state index contributed by atoms with van der Waals surface area (Å²) in [5.41, 5.74) is 2.27. The van der Waals surface area contributed by atoms with Crippen LogP contribution in [-0.2, 0) is 7.05 Å². The van der Waals surface area contributed by atoms with Crippen LogP contribution in [0.3, 0.4) is 0 Å². The van der Waals surface area contributed by atoms with Crippen molar-refractivity contribution in [2.24, 2.45) is 7.05 Å². The van der Waals surface area contributed by atoms with Crippen LogP contribution in [0, 0.1) is 0 Å². The van der Waals surface area contributed by atoms with Crippen molar-refractivity contribution in [3.05, 3.63) is 48.2 Å². The molecule has 1 aromatic heterocycles. The van der Waals surface area contributed by atoms with Gasteiger partial charge in [-0.3, -0.25) is 0 Å². The Morgan fingerprint density at radius 2 is 1.94 bits per heavy atom. The van der Waals surface area contributed by atoms with Crippen LogP contribution in [0.4, 0.5) is 0 Å². The Balaban J connectivity index is 2.52. The molecule has 0 saturated carbocycles. The molecule has 1 unspecified atom stereocenters. The van der Waals surface area contributed by atoms with Crippen molar-refractivity contribution in [3.8, 4) is 0 Å². The van der Waals surface area contributed by atoms with Crippen LogP contribution < -0.4 is 4.57 Å². The van der Waals surface area contributed by atoms with E-state index in [9.17, 15) is 5.11 Å². The average Bonchev–Trinajstić information content (AvgIpc) is 2.28. The predicted molar refractivity (Wildman–Crippen MR) is 65.8 cm³/mol. The lowest BCUT2D eigenvalue weighted by Crippen LogP contribution is -2.32. The number of aliphatic hydroxyl groups excluding tert-OH is 1. The van der Waals surface area contributed by atoms with Crippen LogP contribution >= 0.6 is 0 Å². The molecule has 16 heavy (non-hydrogen) atoms. The molecule has 0 spiro atoms. The zero-order valence-corrected chi connectivity index (χ0v) is 9.59. The topological polar surface area (TPSA) is 24.1 Å². The van der Waals surface area contributed by atoms with Gasteiger partial charge in [0.05, 0.1) is 6.10 Å². The highest BCUT2D eigenvalue weighted by atomic mass is 16.3. The molecule has 0 radical (unpaired) electrons. The standard InChI is InChI=1S/C14H16NO/c1-11(16)7-9-13-10-8-12-5-3-4-6-14(12)15(13)2/h3-11,16H,1-2H3/q+1/b9-7+. The maximum atomic E-state index is 9.22. The van der Waals surface area contributed by atoms with Gasteiger partial charge in [-0.1, -0.05) is 12.1 Å². The molecular weight excluding hydrogens is 198 g/mol. The third kappa shape index (κ3) is 2.12. The van der Waals surface area contributed by atoms with E-state index in [0.717, 1.165) is 5.69 Å². The SMILES string of the molecule is CC(O)/C=C/c1ccc2ccccc2[n+]1C. The largest absolute Gasteiger partial charge is 0.389 e. The second kappa shape index (κ2) is 4.45. The predicted octanol–water partition coefficient (Wildman–Crippen LogP) is 2.06. The third-order valence-corrected chi connectivity index (χ3v) is 2.66. The zero-order chi connectivity index (χ0) is 11.5. The van der Waals surface area contributed by atoms with Crippen LogP contribution in [-0.4, -0.2) is 11.2 Å². The summed E-state index contributed by atoms with van der Waals surface area (Å²) in [4.78, 5) is 0. The number of aromatic nitrogens is 1. The molecule has 2 rings (SSSR count). The van der Waals surface area contributed by atoms with E-state index < -0.39 is 6.10 Å². The highest BCUT2D eigenvalue weighted by Gasteiger charge is 2.07. The number of para-hydroxylation sites is 1. The fourth-order valence-electron chi connectivity index (χ4n) is 1.77. The third-order valence-electron chi connectivity index (χ3n) is 2.66. The molecule has 0 saturated heterocycles. The van der Waals surface area contributed by atoms with Crippen molar-refractivity contribution in [1.82, 2.24) is 0 Å². The molecule has 1 N–H and O–H groups in total. The van der Waals surface area contributed by atoms with Crippen LogP contribution in [0.2, 0.25) is 0 Å². The summed E-state index contributed by atoms with van der Waals surface area (Å²) in [5.74, 6) is 0. The van der Waals surface area contributed by atoms with Gasteiger partial charge in [-0.2, -0.15) is 4.57 Å². The van der Waals surface area contributed by atoms with Crippen LogP contribution in [0.1, 0.15) is 12.6 Å². The highest BCUT2D eigenvalue weighted by molar-refractivity contribution is 5.76. The average molecular weight is 214 g/mol. The van der Waals surface area contributed by atoms with Gasteiger partial charge in [-0.15, -0.1) is 0 Å². The number of fused-ring (bicyclic) bond motifs is 1. The Hall–Kier alpha value is -1.67. The summed E-state index contributed by atoms with van der Waals surface area (Å²) < 4.78 is 2.12. The summed E-state index contributed by atoms with van der Waals surface area (Å²) in [7, 11) is 2.03. The lowest BCUT2D eigenvalue weighted by atomic mass is 10.2. The molecular formula is C14H16NO+. The summed E-state index contributed by atoms with van der Waals surface area (Å²) in [6.45, 7) is 1.75. The van der Waals surface area contributed by atoms with E-state index in [1.165, 1.54) is 10.9 Å². The van der Waals surface area contributed by atoms with Gasteiger partial charge >= 0.3 is 0 Å². The fraction of sp³-hybridized carbons (Fsp3) is 0.214. The second-order valence-electron chi connectivity index (χ2n) is 3.98. The van der Waals surface area contributed by atoms with Gasteiger partial charge < -0.3 is 5.11 Å². The number of rotatable bonds is 2. The molecule has 0 bridgehead atoms. The molecule has 82 valence electrons. The lowest BCUT2D eigenvalue weighted by molar-refractivity contribution is -0.646. The molecule has 1 atom stereocenters. The molecule has 1 aromatic carbocycles. The molecule has 0 aliphatic rings.